The van der Waals surface area contributed by atoms with E-state index in [1.165, 1.54) is 5.56 Å². The molecule has 0 radical (unpaired) electrons. The number of nitrogen functional groups attached to an aromatic ring is 1. The second-order valence-electron chi connectivity index (χ2n) is 6.80. The van der Waals surface area contributed by atoms with Gasteiger partial charge < -0.3 is 15.7 Å². The third kappa shape index (κ3) is 4.03. The Balaban J connectivity index is 1.63. The number of aromatic nitrogens is 2. The van der Waals surface area contributed by atoms with Gasteiger partial charge in [0.05, 0.1) is 6.61 Å². The summed E-state index contributed by atoms with van der Waals surface area (Å²) in [5.41, 5.74) is 7.07. The molecule has 1 fully saturated rings. The summed E-state index contributed by atoms with van der Waals surface area (Å²) in [6.07, 6.45) is 6.94. The van der Waals surface area contributed by atoms with E-state index in [4.69, 9.17) is 5.73 Å². The smallest absolute Gasteiger partial charge is 0.227 e. The first-order valence-electron chi connectivity index (χ1n) is 8.69. The SMILES string of the molecule is Nc1ccnc(N2CCCC(CO)(CCCc3ccccc3)C2)n1. The lowest BCUT2D eigenvalue weighted by atomic mass is 9.76. The lowest BCUT2D eigenvalue weighted by Gasteiger charge is -2.42. The van der Waals surface area contributed by atoms with Crippen molar-refractivity contribution in [3.63, 3.8) is 0 Å². The van der Waals surface area contributed by atoms with Crippen LogP contribution in [0.3, 0.4) is 0 Å². The van der Waals surface area contributed by atoms with Gasteiger partial charge in [-0.1, -0.05) is 30.3 Å². The second kappa shape index (κ2) is 7.62. The standard InChI is InChI=1S/C19H26N4O/c20-17-9-12-21-18(22-17)23-13-5-11-19(14-23,15-24)10-4-8-16-6-2-1-3-7-16/h1-3,6-7,9,12,24H,4-5,8,10-11,13-15H2,(H2,20,21,22). The van der Waals surface area contributed by atoms with Gasteiger partial charge in [0.25, 0.3) is 0 Å². The molecular weight excluding hydrogens is 300 g/mol. The number of aliphatic hydroxyl groups is 1. The first-order chi connectivity index (χ1) is 11.7. The fraction of sp³-hybridized carbons (Fsp3) is 0.474. The monoisotopic (exact) mass is 326 g/mol. The van der Waals surface area contributed by atoms with Crippen molar-refractivity contribution in [3.05, 3.63) is 48.2 Å². The molecular formula is C19H26N4O. The minimum atomic E-state index is -0.0685. The van der Waals surface area contributed by atoms with Crippen LogP contribution in [-0.2, 0) is 6.42 Å². The van der Waals surface area contributed by atoms with Crippen LogP contribution in [0.1, 0.15) is 31.2 Å². The molecule has 128 valence electrons. The van der Waals surface area contributed by atoms with Crippen molar-refractivity contribution in [2.45, 2.75) is 32.1 Å². The number of aryl methyl sites for hydroxylation is 1. The first kappa shape index (κ1) is 16.7. The highest BCUT2D eigenvalue weighted by Crippen LogP contribution is 2.35. The molecule has 1 aromatic heterocycles. The maximum atomic E-state index is 10.1. The van der Waals surface area contributed by atoms with Crippen molar-refractivity contribution in [2.24, 2.45) is 5.41 Å². The van der Waals surface area contributed by atoms with Crippen LogP contribution in [0.4, 0.5) is 11.8 Å². The number of hydrogen-bond donors (Lipinski definition) is 2. The van der Waals surface area contributed by atoms with Crippen molar-refractivity contribution in [1.82, 2.24) is 9.97 Å². The molecule has 1 aromatic carbocycles. The van der Waals surface area contributed by atoms with Gasteiger partial charge >= 0.3 is 0 Å². The molecule has 5 nitrogen and oxygen atoms in total. The number of aliphatic hydroxyl groups excluding tert-OH is 1. The fourth-order valence-corrected chi connectivity index (χ4v) is 3.62. The summed E-state index contributed by atoms with van der Waals surface area (Å²) in [6, 6.07) is 12.2. The maximum absolute atomic E-state index is 10.1. The third-order valence-electron chi connectivity index (χ3n) is 4.96. The van der Waals surface area contributed by atoms with E-state index in [2.05, 4.69) is 39.1 Å². The van der Waals surface area contributed by atoms with E-state index in [1.54, 1.807) is 12.3 Å². The fourth-order valence-electron chi connectivity index (χ4n) is 3.62. The third-order valence-corrected chi connectivity index (χ3v) is 4.96. The van der Waals surface area contributed by atoms with E-state index in [1.807, 2.05) is 6.07 Å². The Bertz CT molecular complexity index is 649. The van der Waals surface area contributed by atoms with Crippen LogP contribution in [0.15, 0.2) is 42.6 Å². The van der Waals surface area contributed by atoms with Gasteiger partial charge in [-0.3, -0.25) is 0 Å². The summed E-state index contributed by atoms with van der Waals surface area (Å²) in [7, 11) is 0. The average Bonchev–Trinajstić information content (AvgIpc) is 2.63. The van der Waals surface area contributed by atoms with Gasteiger partial charge in [0.2, 0.25) is 5.95 Å². The van der Waals surface area contributed by atoms with Crippen LogP contribution >= 0.6 is 0 Å². The van der Waals surface area contributed by atoms with E-state index in [0.717, 1.165) is 45.2 Å². The highest BCUT2D eigenvalue weighted by Gasteiger charge is 2.35. The zero-order chi connectivity index (χ0) is 16.8. The average molecular weight is 326 g/mol. The Morgan fingerprint density at radius 3 is 2.79 bits per heavy atom. The normalized spacial score (nSPS) is 21.0. The van der Waals surface area contributed by atoms with Crippen LogP contribution in [-0.4, -0.2) is 34.8 Å². The Kier molecular flexibility index (Phi) is 5.30. The molecule has 1 unspecified atom stereocenters. The number of anilines is 2. The molecule has 5 heteroatoms. The maximum Gasteiger partial charge on any atom is 0.227 e. The minimum Gasteiger partial charge on any atom is -0.396 e. The second-order valence-corrected chi connectivity index (χ2v) is 6.80. The summed E-state index contributed by atoms with van der Waals surface area (Å²) >= 11 is 0. The summed E-state index contributed by atoms with van der Waals surface area (Å²) in [5, 5.41) is 10.1. The first-order valence-corrected chi connectivity index (χ1v) is 8.69. The number of nitrogens with two attached hydrogens (primary N) is 1. The molecule has 3 rings (SSSR count). The topological polar surface area (TPSA) is 75.3 Å². The minimum absolute atomic E-state index is 0.0685. The summed E-state index contributed by atoms with van der Waals surface area (Å²) in [4.78, 5) is 10.8. The predicted molar refractivity (Wildman–Crippen MR) is 96.8 cm³/mol. The molecule has 1 atom stereocenters. The molecule has 0 aliphatic carbocycles. The molecule has 0 amide bonds. The number of rotatable bonds is 6. The molecule has 1 aliphatic heterocycles. The molecule has 1 aliphatic rings. The quantitative estimate of drug-likeness (QED) is 0.853. The molecule has 0 saturated carbocycles. The Hall–Kier alpha value is -2.14. The summed E-state index contributed by atoms with van der Waals surface area (Å²) in [5.74, 6) is 1.17. The highest BCUT2D eigenvalue weighted by atomic mass is 16.3. The van der Waals surface area contributed by atoms with E-state index < -0.39 is 0 Å². The van der Waals surface area contributed by atoms with Crippen LogP contribution in [0.2, 0.25) is 0 Å². The molecule has 1 saturated heterocycles. The highest BCUT2D eigenvalue weighted by molar-refractivity contribution is 5.38. The summed E-state index contributed by atoms with van der Waals surface area (Å²) in [6.45, 7) is 1.92. The van der Waals surface area contributed by atoms with Crippen molar-refractivity contribution in [1.29, 1.82) is 0 Å². The zero-order valence-corrected chi connectivity index (χ0v) is 14.1. The van der Waals surface area contributed by atoms with Gasteiger partial charge in [-0.2, -0.15) is 4.98 Å². The Morgan fingerprint density at radius 1 is 1.21 bits per heavy atom. The van der Waals surface area contributed by atoms with E-state index in [0.29, 0.717) is 11.8 Å². The Morgan fingerprint density at radius 2 is 2.04 bits per heavy atom. The molecule has 0 bridgehead atoms. The predicted octanol–water partition coefficient (Wildman–Crippen LogP) is 2.66. The number of nitrogens with zero attached hydrogens (tertiary/aromatic N) is 3. The number of benzene rings is 1. The van der Waals surface area contributed by atoms with Crippen molar-refractivity contribution >= 4 is 11.8 Å². The van der Waals surface area contributed by atoms with Crippen molar-refractivity contribution in [3.8, 4) is 0 Å². The lowest BCUT2D eigenvalue weighted by Crippen LogP contribution is -2.46. The van der Waals surface area contributed by atoms with Crippen LogP contribution in [0.5, 0.6) is 0 Å². The number of hydrogen-bond acceptors (Lipinski definition) is 5. The molecule has 2 aromatic rings. The van der Waals surface area contributed by atoms with Crippen LogP contribution < -0.4 is 10.6 Å². The molecule has 24 heavy (non-hydrogen) atoms. The van der Waals surface area contributed by atoms with Gasteiger partial charge in [0.15, 0.2) is 0 Å². The van der Waals surface area contributed by atoms with Gasteiger partial charge in [0.1, 0.15) is 5.82 Å². The molecule has 3 N–H and O–H groups in total. The van der Waals surface area contributed by atoms with E-state index in [-0.39, 0.29) is 12.0 Å². The van der Waals surface area contributed by atoms with Gasteiger partial charge in [-0.05, 0) is 43.7 Å². The van der Waals surface area contributed by atoms with Gasteiger partial charge in [-0.15, -0.1) is 0 Å². The summed E-state index contributed by atoms with van der Waals surface area (Å²) < 4.78 is 0. The van der Waals surface area contributed by atoms with Crippen LogP contribution in [0, 0.1) is 5.41 Å². The van der Waals surface area contributed by atoms with Gasteiger partial charge in [0, 0.05) is 24.7 Å². The van der Waals surface area contributed by atoms with E-state index >= 15 is 0 Å². The lowest BCUT2D eigenvalue weighted by molar-refractivity contribution is 0.0936. The molecule has 2 heterocycles. The van der Waals surface area contributed by atoms with Crippen molar-refractivity contribution < 1.29 is 5.11 Å². The Labute approximate surface area is 143 Å². The number of piperidine rings is 1. The van der Waals surface area contributed by atoms with Gasteiger partial charge in [-0.25, -0.2) is 4.98 Å². The van der Waals surface area contributed by atoms with E-state index in [9.17, 15) is 5.11 Å². The molecule has 0 spiro atoms. The zero-order valence-electron chi connectivity index (χ0n) is 14.1. The van der Waals surface area contributed by atoms with Crippen LogP contribution in [0.25, 0.3) is 0 Å². The van der Waals surface area contributed by atoms with Crippen molar-refractivity contribution in [2.75, 3.05) is 30.3 Å². The largest absolute Gasteiger partial charge is 0.396 e.